The number of rotatable bonds is 4. The van der Waals surface area contributed by atoms with Crippen LogP contribution in [-0.4, -0.2) is 6.61 Å². The second kappa shape index (κ2) is 4.24. The summed E-state index contributed by atoms with van der Waals surface area (Å²) in [5, 5.41) is 0. The summed E-state index contributed by atoms with van der Waals surface area (Å²) in [6.45, 7) is 2.85. The molecular formula is C12H16BrNO. The van der Waals surface area contributed by atoms with Gasteiger partial charge in [0.15, 0.2) is 0 Å². The summed E-state index contributed by atoms with van der Waals surface area (Å²) in [5.74, 6) is 5.64. The summed E-state index contributed by atoms with van der Waals surface area (Å²) in [4.78, 5) is 4.77. The van der Waals surface area contributed by atoms with Gasteiger partial charge in [0.1, 0.15) is 0 Å². The van der Waals surface area contributed by atoms with Gasteiger partial charge in [-0.3, -0.25) is 0 Å². The molecule has 3 heteroatoms. The largest absolute Gasteiger partial charge is 0.304 e. The van der Waals surface area contributed by atoms with Crippen LogP contribution in [0.4, 0.5) is 0 Å². The van der Waals surface area contributed by atoms with E-state index in [0.717, 1.165) is 4.47 Å². The summed E-state index contributed by atoms with van der Waals surface area (Å²) < 4.78 is 1.13. The van der Waals surface area contributed by atoms with E-state index in [1.165, 1.54) is 18.4 Å². The maximum absolute atomic E-state index is 5.15. The lowest BCUT2D eigenvalue weighted by Crippen LogP contribution is -2.23. The van der Waals surface area contributed by atoms with Crippen LogP contribution in [0.2, 0.25) is 0 Å². The van der Waals surface area contributed by atoms with E-state index in [0.29, 0.717) is 17.9 Å². The molecule has 2 N–H and O–H groups in total. The molecule has 2 nitrogen and oxygen atoms in total. The molecule has 0 amide bonds. The Morgan fingerprint density at radius 2 is 2.00 bits per heavy atom. The molecule has 0 bridgehead atoms. The van der Waals surface area contributed by atoms with Crippen molar-refractivity contribution in [3.8, 4) is 0 Å². The van der Waals surface area contributed by atoms with E-state index in [-0.39, 0.29) is 0 Å². The first-order chi connectivity index (χ1) is 7.19. The normalized spacial score (nSPS) is 19.9. The average molecular weight is 270 g/mol. The van der Waals surface area contributed by atoms with E-state index in [1.807, 2.05) is 0 Å². The third-order valence-corrected chi connectivity index (χ3v) is 4.03. The minimum Gasteiger partial charge on any atom is -0.304 e. The molecule has 15 heavy (non-hydrogen) atoms. The van der Waals surface area contributed by atoms with E-state index in [2.05, 4.69) is 47.1 Å². The Morgan fingerprint density at radius 3 is 2.47 bits per heavy atom. The number of halogens is 1. The lowest BCUT2D eigenvalue weighted by molar-refractivity contribution is 0.0933. The first kappa shape index (κ1) is 11.1. The Labute approximate surface area is 98.9 Å². The molecule has 1 aliphatic carbocycles. The highest BCUT2D eigenvalue weighted by molar-refractivity contribution is 9.10. The SMILES string of the molecule is CC(CON)C1(c2ccc(Br)cc2)CC1. The van der Waals surface area contributed by atoms with E-state index in [1.54, 1.807) is 0 Å². The lowest BCUT2D eigenvalue weighted by atomic mass is 9.84. The van der Waals surface area contributed by atoms with Gasteiger partial charge < -0.3 is 4.84 Å². The highest BCUT2D eigenvalue weighted by atomic mass is 79.9. The number of nitrogens with two attached hydrogens (primary N) is 1. The molecule has 0 radical (unpaired) electrons. The van der Waals surface area contributed by atoms with E-state index in [9.17, 15) is 0 Å². The summed E-state index contributed by atoms with van der Waals surface area (Å²) in [6, 6.07) is 8.60. The predicted octanol–water partition coefficient (Wildman–Crippen LogP) is 3.01. The van der Waals surface area contributed by atoms with Crippen molar-refractivity contribution in [1.82, 2.24) is 0 Å². The zero-order valence-corrected chi connectivity index (χ0v) is 10.5. The molecule has 1 unspecified atom stereocenters. The average Bonchev–Trinajstić information content (AvgIpc) is 3.00. The molecule has 1 aromatic rings. The number of benzene rings is 1. The zero-order valence-electron chi connectivity index (χ0n) is 8.87. The van der Waals surface area contributed by atoms with Gasteiger partial charge in [0, 0.05) is 9.89 Å². The first-order valence-corrected chi connectivity index (χ1v) is 6.06. The van der Waals surface area contributed by atoms with Crippen molar-refractivity contribution in [1.29, 1.82) is 0 Å². The van der Waals surface area contributed by atoms with Crippen LogP contribution in [0.1, 0.15) is 25.3 Å². The first-order valence-electron chi connectivity index (χ1n) is 5.27. The molecule has 0 spiro atoms. The molecule has 2 rings (SSSR count). The fourth-order valence-corrected chi connectivity index (χ4v) is 2.55. The Kier molecular flexibility index (Phi) is 3.14. The van der Waals surface area contributed by atoms with E-state index in [4.69, 9.17) is 10.7 Å². The molecule has 82 valence electrons. The molecule has 0 aromatic heterocycles. The van der Waals surface area contributed by atoms with Crippen molar-refractivity contribution >= 4 is 15.9 Å². The zero-order chi connectivity index (χ0) is 10.9. The minimum absolute atomic E-state index is 0.320. The van der Waals surface area contributed by atoms with Crippen molar-refractivity contribution < 1.29 is 4.84 Å². The monoisotopic (exact) mass is 269 g/mol. The van der Waals surface area contributed by atoms with Crippen molar-refractivity contribution in [3.63, 3.8) is 0 Å². The van der Waals surface area contributed by atoms with E-state index < -0.39 is 0 Å². The number of hydrogen-bond donors (Lipinski definition) is 1. The topological polar surface area (TPSA) is 35.2 Å². The molecule has 1 atom stereocenters. The molecule has 1 aliphatic rings. The standard InChI is InChI=1S/C12H16BrNO/c1-9(8-15-14)12(6-7-12)10-2-4-11(13)5-3-10/h2-5,9H,6-8,14H2,1H3. The molecule has 1 fully saturated rings. The van der Waals surface area contributed by atoms with Crippen LogP contribution in [0.15, 0.2) is 28.7 Å². The van der Waals surface area contributed by atoms with Gasteiger partial charge in [0.25, 0.3) is 0 Å². The van der Waals surface area contributed by atoms with Crippen molar-refractivity contribution in [3.05, 3.63) is 34.3 Å². The Bertz CT molecular complexity index is 332. The quantitative estimate of drug-likeness (QED) is 0.853. The summed E-state index contributed by atoms with van der Waals surface area (Å²) in [6.07, 6.45) is 2.50. The smallest absolute Gasteiger partial charge is 0.0713 e. The maximum atomic E-state index is 5.15. The molecule has 0 heterocycles. The maximum Gasteiger partial charge on any atom is 0.0713 e. The van der Waals surface area contributed by atoms with Crippen LogP contribution in [0.3, 0.4) is 0 Å². The number of hydrogen-bond acceptors (Lipinski definition) is 2. The van der Waals surface area contributed by atoms with Crippen molar-refractivity contribution in [2.45, 2.75) is 25.2 Å². The van der Waals surface area contributed by atoms with Crippen LogP contribution in [0.25, 0.3) is 0 Å². The summed E-state index contributed by atoms with van der Waals surface area (Å²) >= 11 is 3.46. The second-order valence-corrected chi connectivity index (χ2v) is 5.31. The fourth-order valence-electron chi connectivity index (χ4n) is 2.29. The van der Waals surface area contributed by atoms with Crippen molar-refractivity contribution in [2.24, 2.45) is 11.8 Å². The van der Waals surface area contributed by atoms with Gasteiger partial charge in [-0.15, -0.1) is 0 Å². The van der Waals surface area contributed by atoms with Crippen LogP contribution in [-0.2, 0) is 10.3 Å². The molecule has 1 saturated carbocycles. The molecular weight excluding hydrogens is 254 g/mol. The second-order valence-electron chi connectivity index (χ2n) is 4.40. The Morgan fingerprint density at radius 1 is 1.40 bits per heavy atom. The van der Waals surface area contributed by atoms with Crippen molar-refractivity contribution in [2.75, 3.05) is 6.61 Å². The third kappa shape index (κ3) is 2.10. The fraction of sp³-hybridized carbons (Fsp3) is 0.500. The summed E-state index contributed by atoms with van der Waals surface area (Å²) in [7, 11) is 0. The molecule has 0 aliphatic heterocycles. The Balaban J connectivity index is 2.19. The third-order valence-electron chi connectivity index (χ3n) is 3.50. The minimum atomic E-state index is 0.320. The van der Waals surface area contributed by atoms with Crippen LogP contribution < -0.4 is 5.90 Å². The van der Waals surface area contributed by atoms with Gasteiger partial charge in [-0.25, -0.2) is 5.90 Å². The predicted molar refractivity (Wildman–Crippen MR) is 64.4 cm³/mol. The Hall–Kier alpha value is -0.380. The van der Waals surface area contributed by atoms with Crippen LogP contribution in [0, 0.1) is 5.92 Å². The molecule has 0 saturated heterocycles. The van der Waals surface area contributed by atoms with Gasteiger partial charge in [-0.1, -0.05) is 35.0 Å². The van der Waals surface area contributed by atoms with Gasteiger partial charge in [-0.2, -0.15) is 0 Å². The van der Waals surface area contributed by atoms with Gasteiger partial charge >= 0.3 is 0 Å². The summed E-state index contributed by atoms with van der Waals surface area (Å²) in [5.41, 5.74) is 1.73. The van der Waals surface area contributed by atoms with Gasteiger partial charge in [-0.05, 0) is 36.5 Å². The van der Waals surface area contributed by atoms with Gasteiger partial charge in [0.2, 0.25) is 0 Å². The highest BCUT2D eigenvalue weighted by Crippen LogP contribution is 2.53. The molecule has 1 aromatic carbocycles. The van der Waals surface area contributed by atoms with Crippen LogP contribution >= 0.6 is 15.9 Å². The highest BCUT2D eigenvalue weighted by Gasteiger charge is 2.48. The van der Waals surface area contributed by atoms with Crippen LogP contribution in [0.5, 0.6) is 0 Å². The van der Waals surface area contributed by atoms with E-state index >= 15 is 0 Å². The van der Waals surface area contributed by atoms with Gasteiger partial charge in [0.05, 0.1) is 6.61 Å². The lowest BCUT2D eigenvalue weighted by Gasteiger charge is -2.23.